The highest BCUT2D eigenvalue weighted by atomic mass is 16.5. The summed E-state index contributed by atoms with van der Waals surface area (Å²) in [6.07, 6.45) is 3.16. The largest absolute Gasteiger partial charge is 0.454 e. The molecule has 3 N–H and O–H groups in total. The first-order valence-electron chi connectivity index (χ1n) is 6.23. The first-order valence-corrected chi connectivity index (χ1v) is 6.23. The predicted molar refractivity (Wildman–Crippen MR) is 78.6 cm³/mol. The van der Waals surface area contributed by atoms with Crippen LogP contribution in [0.2, 0.25) is 0 Å². The number of benzene rings is 1. The highest BCUT2D eigenvalue weighted by Gasteiger charge is 2.03. The summed E-state index contributed by atoms with van der Waals surface area (Å²) in [5, 5.41) is 12.5. The summed E-state index contributed by atoms with van der Waals surface area (Å²) in [7, 11) is 0. The van der Waals surface area contributed by atoms with Crippen molar-refractivity contribution >= 4 is 16.7 Å². The molecule has 0 unspecified atom stereocenters. The lowest BCUT2D eigenvalue weighted by molar-refractivity contribution is 0.318. The number of hydrogen-bond acceptors (Lipinski definition) is 5. The van der Waals surface area contributed by atoms with Gasteiger partial charge in [-0.25, -0.2) is 4.98 Å². The van der Waals surface area contributed by atoms with Crippen LogP contribution in [0.5, 0.6) is 11.5 Å². The molecule has 0 spiro atoms. The Morgan fingerprint density at radius 2 is 1.86 bits per heavy atom. The van der Waals surface area contributed by atoms with Gasteiger partial charge in [0.15, 0.2) is 5.84 Å². The average Bonchev–Trinajstić information content (AvgIpc) is 2.55. The summed E-state index contributed by atoms with van der Waals surface area (Å²) in [6.45, 7) is 0. The number of rotatable bonds is 3. The quantitative estimate of drug-likeness (QED) is 0.333. The van der Waals surface area contributed by atoms with E-state index in [0.29, 0.717) is 17.2 Å². The molecule has 0 aliphatic heterocycles. The molecule has 104 valence electrons. The van der Waals surface area contributed by atoms with Gasteiger partial charge in [-0.2, -0.15) is 0 Å². The summed E-state index contributed by atoms with van der Waals surface area (Å²) in [5.41, 5.74) is 6.73. The van der Waals surface area contributed by atoms with Crippen LogP contribution in [0.4, 0.5) is 0 Å². The van der Waals surface area contributed by atoms with Gasteiger partial charge in [0.05, 0.1) is 17.9 Å². The van der Waals surface area contributed by atoms with Gasteiger partial charge in [-0.1, -0.05) is 23.4 Å². The van der Waals surface area contributed by atoms with Crippen LogP contribution in [0.1, 0.15) is 5.69 Å². The van der Waals surface area contributed by atoms with Crippen LogP contribution in [-0.4, -0.2) is 21.0 Å². The normalized spacial score (nSPS) is 11.5. The first-order chi connectivity index (χ1) is 10.3. The molecule has 0 atom stereocenters. The van der Waals surface area contributed by atoms with Crippen molar-refractivity contribution in [1.29, 1.82) is 0 Å². The zero-order valence-corrected chi connectivity index (χ0v) is 11.0. The van der Waals surface area contributed by atoms with Crippen LogP contribution in [0.25, 0.3) is 10.9 Å². The van der Waals surface area contributed by atoms with Crippen molar-refractivity contribution in [3.63, 3.8) is 0 Å². The molecule has 6 nitrogen and oxygen atoms in total. The Kier molecular flexibility index (Phi) is 3.34. The van der Waals surface area contributed by atoms with Crippen molar-refractivity contribution in [3.05, 3.63) is 60.6 Å². The second-order valence-corrected chi connectivity index (χ2v) is 4.33. The number of nitrogens with two attached hydrogens (primary N) is 1. The van der Waals surface area contributed by atoms with Gasteiger partial charge in [-0.15, -0.1) is 0 Å². The molecule has 0 radical (unpaired) electrons. The second-order valence-electron chi connectivity index (χ2n) is 4.33. The van der Waals surface area contributed by atoms with E-state index in [1.54, 1.807) is 18.3 Å². The monoisotopic (exact) mass is 280 g/mol. The highest BCUT2D eigenvalue weighted by molar-refractivity contribution is 5.95. The molecule has 0 saturated heterocycles. The number of ether oxygens (including phenoxy) is 1. The fourth-order valence-corrected chi connectivity index (χ4v) is 1.89. The number of nitrogens with zero attached hydrogens (tertiary/aromatic N) is 3. The van der Waals surface area contributed by atoms with E-state index in [1.165, 1.54) is 6.20 Å². The van der Waals surface area contributed by atoms with Crippen molar-refractivity contribution in [2.24, 2.45) is 10.9 Å². The molecule has 1 aromatic carbocycles. The minimum Gasteiger partial charge on any atom is -0.454 e. The highest BCUT2D eigenvalue weighted by Crippen LogP contribution is 2.23. The average molecular weight is 280 g/mol. The lowest BCUT2D eigenvalue weighted by Gasteiger charge is -2.06. The Balaban J connectivity index is 1.84. The van der Waals surface area contributed by atoms with Crippen molar-refractivity contribution < 1.29 is 9.94 Å². The topological polar surface area (TPSA) is 93.6 Å². The summed E-state index contributed by atoms with van der Waals surface area (Å²) in [4.78, 5) is 8.37. The van der Waals surface area contributed by atoms with Crippen molar-refractivity contribution in [2.45, 2.75) is 0 Å². The Morgan fingerprint density at radius 1 is 1.05 bits per heavy atom. The summed E-state index contributed by atoms with van der Waals surface area (Å²) in [5.74, 6) is 1.11. The van der Waals surface area contributed by atoms with E-state index in [-0.39, 0.29) is 5.84 Å². The summed E-state index contributed by atoms with van der Waals surface area (Å²) in [6, 6.07) is 13.0. The van der Waals surface area contributed by atoms with Crippen molar-refractivity contribution in [3.8, 4) is 11.5 Å². The third-order valence-corrected chi connectivity index (χ3v) is 2.91. The van der Waals surface area contributed by atoms with Gasteiger partial charge in [0, 0.05) is 5.39 Å². The van der Waals surface area contributed by atoms with Crippen LogP contribution in [0, 0.1) is 0 Å². The molecule has 6 heteroatoms. The number of para-hydroxylation sites is 1. The minimum absolute atomic E-state index is 0.0473. The summed E-state index contributed by atoms with van der Waals surface area (Å²) >= 11 is 0. The molecule has 0 amide bonds. The number of pyridine rings is 2. The Labute approximate surface area is 120 Å². The number of fused-ring (bicyclic) bond motifs is 1. The summed E-state index contributed by atoms with van der Waals surface area (Å²) < 4.78 is 5.69. The predicted octanol–water partition coefficient (Wildman–Crippen LogP) is 2.52. The van der Waals surface area contributed by atoms with Gasteiger partial charge in [0.2, 0.25) is 0 Å². The Bertz CT molecular complexity index is 800. The minimum atomic E-state index is -0.0473. The molecular formula is C15H12N4O2. The van der Waals surface area contributed by atoms with Crippen LogP contribution >= 0.6 is 0 Å². The van der Waals surface area contributed by atoms with E-state index in [2.05, 4.69) is 15.1 Å². The third kappa shape index (κ3) is 2.74. The SMILES string of the molecule is N/C(=N/O)c1ccc(Oc2cnc3ccccc3c2)cn1. The molecule has 0 aliphatic carbocycles. The molecule has 0 saturated carbocycles. The molecule has 3 rings (SSSR count). The standard InChI is InChI=1S/C15H12N4O2/c16-15(19-20)14-6-5-11(8-18-14)21-12-7-10-3-1-2-4-13(10)17-9-12/h1-9,20H,(H2,16,19). The molecular weight excluding hydrogens is 268 g/mol. The fraction of sp³-hybridized carbons (Fsp3) is 0. The van der Waals surface area contributed by atoms with Gasteiger partial charge < -0.3 is 15.7 Å². The number of hydrogen-bond donors (Lipinski definition) is 2. The van der Waals surface area contributed by atoms with E-state index >= 15 is 0 Å². The van der Waals surface area contributed by atoms with E-state index in [1.807, 2.05) is 30.3 Å². The van der Waals surface area contributed by atoms with Crippen LogP contribution in [0.15, 0.2) is 60.0 Å². The molecule has 2 heterocycles. The first kappa shape index (κ1) is 12.9. The van der Waals surface area contributed by atoms with E-state index < -0.39 is 0 Å². The number of aromatic nitrogens is 2. The van der Waals surface area contributed by atoms with Crippen molar-refractivity contribution in [2.75, 3.05) is 0 Å². The Hall–Kier alpha value is -3.15. The van der Waals surface area contributed by atoms with Crippen LogP contribution in [0.3, 0.4) is 0 Å². The lowest BCUT2D eigenvalue weighted by atomic mass is 10.2. The molecule has 0 fully saturated rings. The Morgan fingerprint density at radius 3 is 2.62 bits per heavy atom. The van der Waals surface area contributed by atoms with Gasteiger partial charge in [-0.05, 0) is 24.3 Å². The smallest absolute Gasteiger partial charge is 0.188 e. The maximum atomic E-state index is 8.58. The zero-order valence-electron chi connectivity index (χ0n) is 11.0. The number of amidine groups is 1. The number of oxime groups is 1. The zero-order chi connectivity index (χ0) is 14.7. The molecule has 0 aliphatic rings. The van der Waals surface area contributed by atoms with Crippen LogP contribution in [-0.2, 0) is 0 Å². The molecule has 2 aromatic heterocycles. The van der Waals surface area contributed by atoms with Crippen molar-refractivity contribution in [1.82, 2.24) is 9.97 Å². The second kappa shape index (κ2) is 5.46. The molecule has 3 aromatic rings. The molecule has 21 heavy (non-hydrogen) atoms. The van der Waals surface area contributed by atoms with Gasteiger partial charge in [-0.3, -0.25) is 4.98 Å². The maximum Gasteiger partial charge on any atom is 0.188 e. The lowest BCUT2D eigenvalue weighted by Crippen LogP contribution is -2.14. The molecule has 0 bridgehead atoms. The van der Waals surface area contributed by atoms with E-state index in [9.17, 15) is 0 Å². The van der Waals surface area contributed by atoms with E-state index in [0.717, 1.165) is 10.9 Å². The van der Waals surface area contributed by atoms with Gasteiger partial charge in [0.1, 0.15) is 17.2 Å². The third-order valence-electron chi connectivity index (χ3n) is 2.91. The van der Waals surface area contributed by atoms with E-state index in [4.69, 9.17) is 15.7 Å². The fourth-order valence-electron chi connectivity index (χ4n) is 1.89. The van der Waals surface area contributed by atoms with Gasteiger partial charge >= 0.3 is 0 Å². The van der Waals surface area contributed by atoms with Gasteiger partial charge in [0.25, 0.3) is 0 Å². The van der Waals surface area contributed by atoms with Crippen LogP contribution < -0.4 is 10.5 Å². The maximum absolute atomic E-state index is 8.58.